The third-order valence-corrected chi connectivity index (χ3v) is 6.04. The minimum absolute atomic E-state index is 0.110. The Bertz CT molecular complexity index is 676. The fourth-order valence-electron chi connectivity index (χ4n) is 2.12. The summed E-state index contributed by atoms with van der Waals surface area (Å²) in [5.74, 6) is -1.38. The van der Waals surface area contributed by atoms with Gasteiger partial charge in [0.15, 0.2) is 0 Å². The summed E-state index contributed by atoms with van der Waals surface area (Å²) in [5, 5.41) is 8.61. The maximum Gasteiger partial charge on any atom is 0.338 e. The fraction of sp³-hybridized carbons (Fsp3) is 0.417. The summed E-state index contributed by atoms with van der Waals surface area (Å²) in [6.45, 7) is 2.44. The normalized spacial score (nSPS) is 20.4. The first-order valence-corrected chi connectivity index (χ1v) is 8.27. The number of hydrogen-bond donors (Lipinski definition) is 1. The van der Waals surface area contributed by atoms with E-state index in [1.807, 2.05) is 0 Å². The van der Waals surface area contributed by atoms with E-state index in [0.717, 1.165) is 0 Å². The van der Waals surface area contributed by atoms with E-state index in [9.17, 15) is 13.2 Å². The van der Waals surface area contributed by atoms with E-state index in [1.54, 1.807) is 6.92 Å². The van der Waals surface area contributed by atoms with Crippen LogP contribution in [0.2, 0.25) is 10.0 Å². The number of rotatable bonds is 3. The number of hydrogen-bond acceptors (Lipinski definition) is 4. The molecule has 0 spiro atoms. The molecule has 1 unspecified atom stereocenters. The van der Waals surface area contributed by atoms with E-state index in [0.29, 0.717) is 0 Å². The number of carbonyl (C=O) groups is 1. The Morgan fingerprint density at radius 3 is 2.67 bits per heavy atom. The Labute approximate surface area is 132 Å². The van der Waals surface area contributed by atoms with Crippen LogP contribution in [0.3, 0.4) is 0 Å². The Kier molecular flexibility index (Phi) is 4.79. The number of sulfonamides is 1. The van der Waals surface area contributed by atoms with E-state index in [4.69, 9.17) is 33.0 Å². The number of halogens is 2. The molecule has 1 aromatic carbocycles. The Morgan fingerprint density at radius 1 is 1.43 bits per heavy atom. The molecule has 116 valence electrons. The minimum Gasteiger partial charge on any atom is -0.478 e. The molecule has 1 fully saturated rings. The van der Waals surface area contributed by atoms with Crippen molar-refractivity contribution in [3.63, 3.8) is 0 Å². The molecule has 2 rings (SSSR count). The number of morpholine rings is 1. The van der Waals surface area contributed by atoms with Crippen LogP contribution in [0.25, 0.3) is 0 Å². The number of ether oxygens (including phenoxy) is 1. The maximum absolute atomic E-state index is 12.7. The summed E-state index contributed by atoms with van der Waals surface area (Å²) in [7, 11) is -3.92. The van der Waals surface area contributed by atoms with Crippen LogP contribution in [0, 0.1) is 0 Å². The molecular weight excluding hydrogens is 341 g/mol. The van der Waals surface area contributed by atoms with Crippen molar-refractivity contribution in [2.75, 3.05) is 19.8 Å². The van der Waals surface area contributed by atoms with Crippen molar-refractivity contribution in [3.05, 3.63) is 27.7 Å². The first-order chi connectivity index (χ1) is 9.76. The van der Waals surface area contributed by atoms with Crippen molar-refractivity contribution < 1.29 is 23.1 Å². The molecule has 0 bridgehead atoms. The van der Waals surface area contributed by atoms with Crippen molar-refractivity contribution >= 4 is 39.2 Å². The van der Waals surface area contributed by atoms with Crippen LogP contribution in [-0.4, -0.2) is 49.6 Å². The monoisotopic (exact) mass is 353 g/mol. The van der Waals surface area contributed by atoms with Gasteiger partial charge in [0, 0.05) is 12.6 Å². The summed E-state index contributed by atoms with van der Waals surface area (Å²) in [4.78, 5) is 10.9. The molecule has 1 heterocycles. The van der Waals surface area contributed by atoms with Gasteiger partial charge in [-0.15, -0.1) is 0 Å². The van der Waals surface area contributed by atoms with Gasteiger partial charge in [-0.1, -0.05) is 23.2 Å². The van der Waals surface area contributed by atoms with Gasteiger partial charge in [-0.2, -0.15) is 4.31 Å². The zero-order chi connectivity index (χ0) is 15.8. The third-order valence-electron chi connectivity index (χ3n) is 3.16. The molecular formula is C12H13Cl2NO5S. The van der Waals surface area contributed by atoms with Gasteiger partial charge >= 0.3 is 5.97 Å². The number of carboxylic acid groups (broad SMARTS) is 1. The molecule has 9 heteroatoms. The smallest absolute Gasteiger partial charge is 0.338 e. The van der Waals surface area contributed by atoms with Crippen LogP contribution < -0.4 is 0 Å². The lowest BCUT2D eigenvalue weighted by Crippen LogP contribution is -2.47. The van der Waals surface area contributed by atoms with Gasteiger partial charge in [0.05, 0.1) is 28.8 Å². The summed E-state index contributed by atoms with van der Waals surface area (Å²) >= 11 is 11.7. The van der Waals surface area contributed by atoms with Gasteiger partial charge in [-0.25, -0.2) is 13.2 Å². The lowest BCUT2D eigenvalue weighted by molar-refractivity contribution is 0.0392. The summed E-state index contributed by atoms with van der Waals surface area (Å²) in [5.41, 5.74) is -0.416. The van der Waals surface area contributed by atoms with Crippen LogP contribution in [0.15, 0.2) is 17.0 Å². The highest BCUT2D eigenvalue weighted by Crippen LogP contribution is 2.33. The Balaban J connectivity index is 2.55. The zero-order valence-electron chi connectivity index (χ0n) is 11.0. The molecule has 0 aliphatic carbocycles. The van der Waals surface area contributed by atoms with Crippen LogP contribution in [0.5, 0.6) is 0 Å². The van der Waals surface area contributed by atoms with E-state index in [-0.39, 0.29) is 40.7 Å². The van der Waals surface area contributed by atoms with Crippen LogP contribution in [-0.2, 0) is 14.8 Å². The molecule has 1 aliphatic rings. The summed E-state index contributed by atoms with van der Waals surface area (Å²) in [6.07, 6.45) is 0. The van der Waals surface area contributed by atoms with E-state index < -0.39 is 21.6 Å². The van der Waals surface area contributed by atoms with Crippen LogP contribution in [0.4, 0.5) is 0 Å². The van der Waals surface area contributed by atoms with Gasteiger partial charge in [-0.05, 0) is 19.1 Å². The van der Waals surface area contributed by atoms with Gasteiger partial charge in [0.1, 0.15) is 4.90 Å². The van der Waals surface area contributed by atoms with Crippen molar-refractivity contribution in [3.8, 4) is 0 Å². The molecule has 0 amide bonds. The SMILES string of the molecule is CC1COCCN1S(=O)(=O)c1ccc(Cl)c(C(=O)O)c1Cl. The Morgan fingerprint density at radius 2 is 2.10 bits per heavy atom. The highest BCUT2D eigenvalue weighted by molar-refractivity contribution is 7.89. The predicted molar refractivity (Wildman–Crippen MR) is 77.6 cm³/mol. The van der Waals surface area contributed by atoms with Gasteiger partial charge in [0.25, 0.3) is 0 Å². The van der Waals surface area contributed by atoms with E-state index in [2.05, 4.69) is 0 Å². The summed E-state index contributed by atoms with van der Waals surface area (Å²) < 4.78 is 31.8. The van der Waals surface area contributed by atoms with Crippen molar-refractivity contribution in [1.82, 2.24) is 4.31 Å². The number of benzene rings is 1. The first-order valence-electron chi connectivity index (χ1n) is 6.07. The van der Waals surface area contributed by atoms with E-state index in [1.165, 1.54) is 16.4 Å². The second-order valence-electron chi connectivity index (χ2n) is 4.58. The van der Waals surface area contributed by atoms with Crippen molar-refractivity contribution in [2.45, 2.75) is 17.9 Å². The first kappa shape index (κ1) is 16.5. The predicted octanol–water partition coefficient (Wildman–Crippen LogP) is 2.10. The highest BCUT2D eigenvalue weighted by Gasteiger charge is 2.34. The fourth-order valence-corrected chi connectivity index (χ4v) is 4.62. The van der Waals surface area contributed by atoms with Crippen molar-refractivity contribution in [1.29, 1.82) is 0 Å². The average molecular weight is 354 g/mol. The van der Waals surface area contributed by atoms with Gasteiger partial charge in [0.2, 0.25) is 10.0 Å². The molecule has 1 N–H and O–H groups in total. The third kappa shape index (κ3) is 3.02. The molecule has 1 aliphatic heterocycles. The number of nitrogens with zero attached hydrogens (tertiary/aromatic N) is 1. The quantitative estimate of drug-likeness (QED) is 0.899. The second-order valence-corrected chi connectivity index (χ2v) is 7.22. The summed E-state index contributed by atoms with van der Waals surface area (Å²) in [6, 6.07) is 2.08. The average Bonchev–Trinajstić information content (AvgIpc) is 2.38. The Hall–Kier alpha value is -0.860. The lowest BCUT2D eigenvalue weighted by Gasteiger charge is -2.32. The second kappa shape index (κ2) is 6.10. The molecule has 6 nitrogen and oxygen atoms in total. The van der Waals surface area contributed by atoms with Gasteiger partial charge < -0.3 is 9.84 Å². The zero-order valence-corrected chi connectivity index (χ0v) is 13.4. The van der Waals surface area contributed by atoms with Crippen molar-refractivity contribution in [2.24, 2.45) is 0 Å². The number of carboxylic acids is 1. The molecule has 0 saturated carbocycles. The van der Waals surface area contributed by atoms with Crippen LogP contribution in [0.1, 0.15) is 17.3 Å². The maximum atomic E-state index is 12.7. The largest absolute Gasteiger partial charge is 0.478 e. The highest BCUT2D eigenvalue weighted by atomic mass is 35.5. The van der Waals surface area contributed by atoms with E-state index >= 15 is 0 Å². The minimum atomic E-state index is -3.92. The molecule has 1 aromatic rings. The van der Waals surface area contributed by atoms with Crippen LogP contribution >= 0.6 is 23.2 Å². The topological polar surface area (TPSA) is 83.9 Å². The lowest BCUT2D eigenvalue weighted by atomic mass is 10.2. The standard InChI is InChI=1S/C12H13Cl2NO5S/c1-7-6-20-5-4-15(7)21(18,19)9-3-2-8(13)10(11(9)14)12(16)17/h2-3,7H,4-6H2,1H3,(H,16,17). The molecule has 0 radical (unpaired) electrons. The number of aromatic carboxylic acids is 1. The molecule has 0 aromatic heterocycles. The molecule has 21 heavy (non-hydrogen) atoms. The molecule has 1 atom stereocenters. The van der Waals surface area contributed by atoms with Gasteiger partial charge in [-0.3, -0.25) is 0 Å². The molecule has 1 saturated heterocycles.